The first kappa shape index (κ1) is 17.5. The number of benzene rings is 1. The van der Waals surface area contributed by atoms with E-state index < -0.39 is 0 Å². The average molecular weight is 317 g/mol. The van der Waals surface area contributed by atoms with E-state index in [2.05, 4.69) is 13.8 Å². The molecule has 1 atom stereocenters. The second kappa shape index (κ2) is 8.14. The zero-order valence-corrected chi connectivity index (χ0v) is 14.4. The fourth-order valence-corrected chi connectivity index (χ4v) is 3.08. The number of ether oxygens (including phenoxy) is 1. The van der Waals surface area contributed by atoms with E-state index in [0.29, 0.717) is 23.1 Å². The van der Waals surface area contributed by atoms with E-state index in [0.717, 1.165) is 25.9 Å². The van der Waals surface area contributed by atoms with Gasteiger partial charge in [-0.1, -0.05) is 26.0 Å². The Kier molecular flexibility index (Phi) is 6.20. The second-order valence-corrected chi connectivity index (χ2v) is 6.69. The van der Waals surface area contributed by atoms with E-state index in [9.17, 15) is 9.59 Å². The summed E-state index contributed by atoms with van der Waals surface area (Å²) in [6, 6.07) is 6.98. The van der Waals surface area contributed by atoms with Crippen molar-refractivity contribution in [1.82, 2.24) is 4.90 Å². The van der Waals surface area contributed by atoms with Crippen molar-refractivity contribution in [2.24, 2.45) is 11.8 Å². The van der Waals surface area contributed by atoms with Crippen LogP contribution in [0.3, 0.4) is 0 Å². The molecule has 1 fully saturated rings. The number of likely N-dealkylation sites (tertiary alicyclic amines) is 1. The monoisotopic (exact) mass is 317 g/mol. The van der Waals surface area contributed by atoms with Gasteiger partial charge >= 0.3 is 0 Å². The summed E-state index contributed by atoms with van der Waals surface area (Å²) in [5, 5.41) is 0. The highest BCUT2D eigenvalue weighted by Crippen LogP contribution is 2.24. The molecule has 1 aromatic rings. The number of carbonyl (C=O) groups excluding carboxylic acids is 2. The predicted octanol–water partition coefficient (Wildman–Crippen LogP) is 3.55. The molecule has 23 heavy (non-hydrogen) atoms. The quantitative estimate of drug-likeness (QED) is 0.780. The highest BCUT2D eigenvalue weighted by atomic mass is 16.5. The van der Waals surface area contributed by atoms with Crippen LogP contribution >= 0.6 is 0 Å². The van der Waals surface area contributed by atoms with Gasteiger partial charge in [0.05, 0.1) is 0 Å². The van der Waals surface area contributed by atoms with Crippen LogP contribution in [0.5, 0.6) is 5.75 Å². The number of nitrogens with zero attached hydrogens (tertiary/aromatic N) is 1. The van der Waals surface area contributed by atoms with Gasteiger partial charge in [0.1, 0.15) is 5.75 Å². The molecule has 2 rings (SSSR count). The maximum atomic E-state index is 12.4. The largest absolute Gasteiger partial charge is 0.484 e. The van der Waals surface area contributed by atoms with E-state index in [-0.39, 0.29) is 18.3 Å². The smallest absolute Gasteiger partial charge is 0.260 e. The van der Waals surface area contributed by atoms with Crippen LogP contribution in [-0.2, 0) is 4.79 Å². The molecular formula is C19H27NO3. The lowest BCUT2D eigenvalue weighted by molar-refractivity contribution is -0.133. The number of ketones is 1. The number of hydrogen-bond acceptors (Lipinski definition) is 3. The first-order valence-electron chi connectivity index (χ1n) is 8.49. The molecule has 4 heteroatoms. The predicted molar refractivity (Wildman–Crippen MR) is 90.7 cm³/mol. The summed E-state index contributed by atoms with van der Waals surface area (Å²) in [7, 11) is 0. The third-order valence-corrected chi connectivity index (χ3v) is 4.67. The molecule has 1 unspecified atom stereocenters. The summed E-state index contributed by atoms with van der Waals surface area (Å²) in [6.45, 7) is 7.71. The van der Waals surface area contributed by atoms with Gasteiger partial charge in [-0.15, -0.1) is 0 Å². The van der Waals surface area contributed by atoms with Gasteiger partial charge in [-0.25, -0.2) is 0 Å². The molecule has 0 aliphatic carbocycles. The second-order valence-electron chi connectivity index (χ2n) is 6.69. The van der Waals surface area contributed by atoms with E-state index in [4.69, 9.17) is 4.74 Å². The molecular weight excluding hydrogens is 290 g/mol. The Morgan fingerprint density at radius 1 is 1.26 bits per heavy atom. The molecule has 0 bridgehead atoms. The van der Waals surface area contributed by atoms with Gasteiger partial charge in [0.25, 0.3) is 5.91 Å². The van der Waals surface area contributed by atoms with Crippen molar-refractivity contribution in [3.8, 4) is 5.75 Å². The minimum atomic E-state index is -0.00554. The summed E-state index contributed by atoms with van der Waals surface area (Å²) in [5.41, 5.74) is 0.601. The molecule has 1 saturated heterocycles. The molecule has 0 radical (unpaired) electrons. The average Bonchev–Trinajstić information content (AvgIpc) is 2.79. The normalized spacial score (nSPS) is 18.6. The van der Waals surface area contributed by atoms with Gasteiger partial charge in [-0.2, -0.15) is 0 Å². The standard InChI is InChI=1S/C19H27NO3/c1-14(2)16-7-5-10-20(11-9-16)19(22)13-23-18-8-4-6-17(12-18)15(3)21/h4,6,8,12,14,16H,5,7,9-11,13H2,1-3H3. The lowest BCUT2D eigenvalue weighted by Crippen LogP contribution is -2.35. The van der Waals surface area contributed by atoms with Gasteiger partial charge in [0.15, 0.2) is 12.4 Å². The van der Waals surface area contributed by atoms with Crippen LogP contribution in [0.25, 0.3) is 0 Å². The van der Waals surface area contributed by atoms with Crippen LogP contribution in [0, 0.1) is 11.8 Å². The highest BCUT2D eigenvalue weighted by Gasteiger charge is 2.22. The first-order chi connectivity index (χ1) is 11.0. The van der Waals surface area contributed by atoms with E-state index in [1.54, 1.807) is 24.3 Å². The SMILES string of the molecule is CC(=O)c1cccc(OCC(=O)N2CCCC(C(C)C)CC2)c1. The fourth-order valence-electron chi connectivity index (χ4n) is 3.08. The van der Waals surface area contributed by atoms with Crippen LogP contribution in [-0.4, -0.2) is 36.3 Å². The zero-order valence-electron chi connectivity index (χ0n) is 14.4. The Hall–Kier alpha value is -1.84. The molecule has 1 heterocycles. The van der Waals surface area contributed by atoms with Crippen LogP contribution in [0.1, 0.15) is 50.4 Å². The number of hydrogen-bond donors (Lipinski definition) is 0. The molecule has 0 N–H and O–H groups in total. The van der Waals surface area contributed by atoms with Gasteiger partial charge in [-0.3, -0.25) is 9.59 Å². The number of rotatable bonds is 5. The molecule has 126 valence electrons. The maximum Gasteiger partial charge on any atom is 0.260 e. The molecule has 1 aliphatic heterocycles. The van der Waals surface area contributed by atoms with Crippen molar-refractivity contribution < 1.29 is 14.3 Å². The summed E-state index contributed by atoms with van der Waals surface area (Å²) in [4.78, 5) is 25.6. The molecule has 4 nitrogen and oxygen atoms in total. The summed E-state index contributed by atoms with van der Waals surface area (Å²) in [5.74, 6) is 1.98. The van der Waals surface area contributed by atoms with Crippen molar-refractivity contribution in [2.75, 3.05) is 19.7 Å². The third kappa shape index (κ3) is 5.08. The molecule has 0 saturated carbocycles. The van der Waals surface area contributed by atoms with Gasteiger partial charge in [-0.05, 0) is 50.2 Å². The highest BCUT2D eigenvalue weighted by molar-refractivity contribution is 5.94. The van der Waals surface area contributed by atoms with Crippen LogP contribution < -0.4 is 4.74 Å². The van der Waals surface area contributed by atoms with E-state index in [1.165, 1.54) is 13.3 Å². The van der Waals surface area contributed by atoms with Crippen molar-refractivity contribution >= 4 is 11.7 Å². The number of Topliss-reactive ketones (excluding diaryl/α,β-unsaturated/α-hetero) is 1. The Balaban J connectivity index is 1.87. The van der Waals surface area contributed by atoms with Crippen molar-refractivity contribution in [2.45, 2.75) is 40.0 Å². The van der Waals surface area contributed by atoms with Crippen molar-refractivity contribution in [1.29, 1.82) is 0 Å². The molecule has 1 aliphatic rings. The molecule has 1 amide bonds. The van der Waals surface area contributed by atoms with E-state index in [1.807, 2.05) is 4.90 Å². The van der Waals surface area contributed by atoms with Gasteiger partial charge < -0.3 is 9.64 Å². The maximum absolute atomic E-state index is 12.4. The Morgan fingerprint density at radius 2 is 2.04 bits per heavy atom. The zero-order chi connectivity index (χ0) is 16.8. The van der Waals surface area contributed by atoms with Crippen LogP contribution in [0.15, 0.2) is 24.3 Å². The lowest BCUT2D eigenvalue weighted by atomic mass is 9.89. The Morgan fingerprint density at radius 3 is 2.74 bits per heavy atom. The van der Waals surface area contributed by atoms with Gasteiger partial charge in [0, 0.05) is 18.7 Å². The lowest BCUT2D eigenvalue weighted by Gasteiger charge is -2.21. The first-order valence-corrected chi connectivity index (χ1v) is 8.49. The minimum absolute atomic E-state index is 0.00554. The molecule has 0 aromatic heterocycles. The summed E-state index contributed by atoms with van der Waals surface area (Å²) >= 11 is 0. The molecule has 0 spiro atoms. The van der Waals surface area contributed by atoms with Crippen molar-refractivity contribution in [3.63, 3.8) is 0 Å². The topological polar surface area (TPSA) is 46.6 Å². The summed E-state index contributed by atoms with van der Waals surface area (Å²) < 4.78 is 5.58. The molecule has 1 aromatic carbocycles. The summed E-state index contributed by atoms with van der Waals surface area (Å²) in [6.07, 6.45) is 3.33. The number of amides is 1. The third-order valence-electron chi connectivity index (χ3n) is 4.67. The van der Waals surface area contributed by atoms with Crippen LogP contribution in [0.4, 0.5) is 0 Å². The Bertz CT molecular complexity index is 553. The fraction of sp³-hybridized carbons (Fsp3) is 0.579. The minimum Gasteiger partial charge on any atom is -0.484 e. The van der Waals surface area contributed by atoms with Gasteiger partial charge in [0.2, 0.25) is 0 Å². The number of carbonyl (C=O) groups is 2. The van der Waals surface area contributed by atoms with Crippen molar-refractivity contribution in [3.05, 3.63) is 29.8 Å². The Labute approximate surface area is 138 Å². The van der Waals surface area contributed by atoms with E-state index >= 15 is 0 Å². The van der Waals surface area contributed by atoms with Crippen LogP contribution in [0.2, 0.25) is 0 Å².